The highest BCUT2D eigenvalue weighted by Crippen LogP contribution is 2.03. The van der Waals surface area contributed by atoms with Crippen molar-refractivity contribution in [1.82, 2.24) is 9.97 Å². The quantitative estimate of drug-likeness (QED) is 0.751. The van der Waals surface area contributed by atoms with Gasteiger partial charge in [-0.3, -0.25) is 4.72 Å². The smallest absolute Gasteiger partial charge is 0.341 e. The number of aromatic nitrogens is 2. The fraction of sp³-hybridized carbons (Fsp3) is 0.375. The van der Waals surface area contributed by atoms with Crippen molar-refractivity contribution in [3.63, 3.8) is 0 Å². The topological polar surface area (TPSA) is 98.2 Å². The van der Waals surface area contributed by atoms with Gasteiger partial charge < -0.3 is 4.74 Å². The third-order valence-electron chi connectivity index (χ3n) is 1.44. The molecule has 0 aliphatic heterocycles. The Morgan fingerprint density at radius 3 is 2.44 bits per heavy atom. The molecule has 0 saturated heterocycles. The summed E-state index contributed by atoms with van der Waals surface area (Å²) in [6, 6.07) is 0. The second-order valence-corrected chi connectivity index (χ2v) is 4.64. The first-order valence-electron chi connectivity index (χ1n) is 4.39. The van der Waals surface area contributed by atoms with E-state index in [9.17, 15) is 13.2 Å². The lowest BCUT2D eigenvalue weighted by atomic mass is 10.3. The lowest BCUT2D eigenvalue weighted by molar-refractivity contribution is 0.0525. The Balaban J connectivity index is 2.79. The molecule has 1 aromatic heterocycles. The van der Waals surface area contributed by atoms with Crippen LogP contribution >= 0.6 is 0 Å². The molecule has 0 atom stereocenters. The molecule has 0 bridgehead atoms. The highest BCUT2D eigenvalue weighted by molar-refractivity contribution is 7.91. The van der Waals surface area contributed by atoms with Crippen molar-refractivity contribution in [2.45, 2.75) is 6.92 Å². The van der Waals surface area contributed by atoms with Crippen LogP contribution in [0.4, 0.5) is 5.95 Å². The molecule has 0 radical (unpaired) electrons. The number of rotatable bonds is 4. The molecule has 7 nitrogen and oxygen atoms in total. The van der Waals surface area contributed by atoms with E-state index >= 15 is 0 Å². The van der Waals surface area contributed by atoms with E-state index in [1.54, 1.807) is 6.92 Å². The van der Waals surface area contributed by atoms with Crippen LogP contribution in [-0.2, 0) is 14.8 Å². The van der Waals surface area contributed by atoms with Crippen LogP contribution in [0.5, 0.6) is 0 Å². The highest BCUT2D eigenvalue weighted by Gasteiger charge is 2.09. The molecule has 16 heavy (non-hydrogen) atoms. The van der Waals surface area contributed by atoms with Crippen molar-refractivity contribution in [3.8, 4) is 0 Å². The largest absolute Gasteiger partial charge is 0.462 e. The van der Waals surface area contributed by atoms with Crippen LogP contribution in [0.2, 0.25) is 0 Å². The molecule has 0 aromatic carbocycles. The standard InChI is InChI=1S/C8H11N3O4S/c1-3-15-7(12)6-4-9-8(10-5-6)11-16(2,13)14/h4-5H,3H2,1-2H3,(H,9,10,11). The molecule has 0 amide bonds. The van der Waals surface area contributed by atoms with Crippen LogP contribution < -0.4 is 4.72 Å². The number of hydrogen-bond donors (Lipinski definition) is 1. The average Bonchev–Trinajstić information content (AvgIpc) is 2.16. The molecule has 0 aliphatic rings. The van der Waals surface area contributed by atoms with E-state index in [2.05, 4.69) is 14.7 Å². The second-order valence-electron chi connectivity index (χ2n) is 2.89. The summed E-state index contributed by atoms with van der Waals surface area (Å²) in [6.07, 6.45) is 3.37. The molecule has 0 aliphatic carbocycles. The van der Waals surface area contributed by atoms with E-state index < -0.39 is 16.0 Å². The lowest BCUT2D eigenvalue weighted by Crippen LogP contribution is -2.13. The minimum absolute atomic E-state index is 0.0875. The summed E-state index contributed by atoms with van der Waals surface area (Å²) in [7, 11) is -3.41. The van der Waals surface area contributed by atoms with Gasteiger partial charge in [-0.05, 0) is 6.92 Å². The number of anilines is 1. The summed E-state index contributed by atoms with van der Waals surface area (Å²) in [5, 5.41) is 0. The van der Waals surface area contributed by atoms with Crippen LogP contribution in [0.15, 0.2) is 12.4 Å². The van der Waals surface area contributed by atoms with Crippen molar-refractivity contribution in [2.24, 2.45) is 0 Å². The van der Waals surface area contributed by atoms with Crippen LogP contribution in [0.1, 0.15) is 17.3 Å². The van der Waals surface area contributed by atoms with Crippen molar-refractivity contribution in [3.05, 3.63) is 18.0 Å². The third-order valence-corrected chi connectivity index (χ3v) is 1.99. The first-order valence-corrected chi connectivity index (χ1v) is 6.28. The number of hydrogen-bond acceptors (Lipinski definition) is 6. The number of esters is 1. The number of nitrogens with zero attached hydrogens (tertiary/aromatic N) is 2. The molecule has 0 fully saturated rings. The van der Waals surface area contributed by atoms with Crippen LogP contribution in [0.3, 0.4) is 0 Å². The Labute approximate surface area is 92.9 Å². The molecule has 1 heterocycles. The molecule has 1 aromatic rings. The number of nitrogens with one attached hydrogen (secondary N) is 1. The summed E-state index contributed by atoms with van der Waals surface area (Å²) < 4.78 is 28.5. The van der Waals surface area contributed by atoms with E-state index in [-0.39, 0.29) is 18.1 Å². The molecule has 1 rings (SSSR count). The number of carbonyl (C=O) groups excluding carboxylic acids is 1. The van der Waals surface area contributed by atoms with Gasteiger partial charge >= 0.3 is 5.97 Å². The van der Waals surface area contributed by atoms with E-state index in [1.807, 2.05) is 0 Å². The first-order chi connectivity index (χ1) is 7.42. The van der Waals surface area contributed by atoms with E-state index in [4.69, 9.17) is 4.74 Å². The molecule has 0 unspecified atom stereocenters. The minimum atomic E-state index is -3.41. The maximum Gasteiger partial charge on any atom is 0.341 e. The van der Waals surface area contributed by atoms with Gasteiger partial charge in [0.2, 0.25) is 16.0 Å². The predicted octanol–water partition coefficient (Wildman–Crippen LogP) is 0.0248. The Hall–Kier alpha value is -1.70. The highest BCUT2D eigenvalue weighted by atomic mass is 32.2. The molecule has 0 spiro atoms. The first kappa shape index (κ1) is 12.4. The van der Waals surface area contributed by atoms with Gasteiger partial charge in [-0.15, -0.1) is 0 Å². The fourth-order valence-electron chi connectivity index (χ4n) is 0.866. The zero-order valence-corrected chi connectivity index (χ0v) is 9.61. The maximum absolute atomic E-state index is 11.2. The fourth-order valence-corrected chi connectivity index (χ4v) is 1.30. The van der Waals surface area contributed by atoms with Gasteiger partial charge in [0.1, 0.15) is 0 Å². The van der Waals surface area contributed by atoms with Crippen molar-refractivity contribution < 1.29 is 17.9 Å². The van der Waals surface area contributed by atoms with Gasteiger partial charge in [0.25, 0.3) is 0 Å². The molecular weight excluding hydrogens is 234 g/mol. The Bertz CT molecular complexity index is 469. The van der Waals surface area contributed by atoms with Crippen molar-refractivity contribution in [2.75, 3.05) is 17.6 Å². The van der Waals surface area contributed by atoms with E-state index in [1.165, 1.54) is 12.4 Å². The van der Waals surface area contributed by atoms with Crippen molar-refractivity contribution in [1.29, 1.82) is 0 Å². The van der Waals surface area contributed by atoms with Gasteiger partial charge in [0, 0.05) is 12.4 Å². The summed E-state index contributed by atoms with van der Waals surface area (Å²) in [4.78, 5) is 18.5. The predicted molar refractivity (Wildman–Crippen MR) is 56.5 cm³/mol. The summed E-state index contributed by atoms with van der Waals surface area (Å²) >= 11 is 0. The maximum atomic E-state index is 11.2. The third kappa shape index (κ3) is 3.81. The number of ether oxygens (including phenoxy) is 1. The lowest BCUT2D eigenvalue weighted by Gasteiger charge is -2.03. The van der Waals surface area contributed by atoms with Gasteiger partial charge in [-0.2, -0.15) is 0 Å². The second kappa shape index (κ2) is 4.88. The van der Waals surface area contributed by atoms with Crippen LogP contribution in [0, 0.1) is 0 Å². The number of sulfonamides is 1. The Morgan fingerprint density at radius 2 is 2.00 bits per heavy atom. The van der Waals surface area contributed by atoms with Crippen LogP contribution in [-0.4, -0.2) is 37.2 Å². The number of carbonyl (C=O) groups is 1. The van der Waals surface area contributed by atoms with E-state index in [0.29, 0.717) is 0 Å². The zero-order valence-electron chi connectivity index (χ0n) is 8.80. The van der Waals surface area contributed by atoms with Gasteiger partial charge in [0.15, 0.2) is 0 Å². The van der Waals surface area contributed by atoms with Gasteiger partial charge in [0.05, 0.1) is 18.4 Å². The molecule has 88 valence electrons. The molecule has 1 N–H and O–H groups in total. The normalized spacial score (nSPS) is 10.9. The Morgan fingerprint density at radius 1 is 1.44 bits per heavy atom. The summed E-state index contributed by atoms with van der Waals surface area (Å²) in [6.45, 7) is 1.93. The zero-order chi connectivity index (χ0) is 12.2. The minimum Gasteiger partial charge on any atom is -0.462 e. The van der Waals surface area contributed by atoms with Gasteiger partial charge in [-0.25, -0.2) is 23.2 Å². The average molecular weight is 245 g/mol. The summed E-state index contributed by atoms with van der Waals surface area (Å²) in [5.74, 6) is -0.635. The van der Waals surface area contributed by atoms with Crippen LogP contribution in [0.25, 0.3) is 0 Å². The van der Waals surface area contributed by atoms with E-state index in [0.717, 1.165) is 6.26 Å². The van der Waals surface area contributed by atoms with Crippen molar-refractivity contribution >= 4 is 21.9 Å². The molecular formula is C8H11N3O4S. The SMILES string of the molecule is CCOC(=O)c1cnc(NS(C)(=O)=O)nc1. The monoisotopic (exact) mass is 245 g/mol. The Kier molecular flexibility index (Phi) is 3.78. The summed E-state index contributed by atoms with van der Waals surface area (Å²) in [5.41, 5.74) is 0.168. The molecule has 8 heteroatoms. The molecule has 0 saturated carbocycles. The van der Waals surface area contributed by atoms with Gasteiger partial charge in [-0.1, -0.05) is 0 Å².